The predicted octanol–water partition coefficient (Wildman–Crippen LogP) is 2.02. The molecule has 82 valence electrons. The van der Waals surface area contributed by atoms with Gasteiger partial charge in [-0.1, -0.05) is 0 Å². The molecule has 5 nitrogen and oxygen atoms in total. The van der Waals surface area contributed by atoms with Gasteiger partial charge in [-0.3, -0.25) is 0 Å². The molecule has 0 atom stereocenters. The highest BCUT2D eigenvalue weighted by Gasteiger charge is 2.26. The van der Waals surface area contributed by atoms with Crippen molar-refractivity contribution in [2.45, 2.75) is 13.0 Å². The molecular formula is C7H5F2IN2O3. The zero-order valence-corrected chi connectivity index (χ0v) is 9.31. The number of aromatic nitrogens is 1. The highest BCUT2D eigenvalue weighted by molar-refractivity contribution is 14.1. The molecule has 0 aliphatic heterocycles. The second-order valence-electron chi connectivity index (χ2n) is 2.55. The molecule has 0 unspecified atom stereocenters. The minimum atomic E-state index is -2.96. The number of nitro groups is 1. The molecule has 1 rings (SSSR count). The van der Waals surface area contributed by atoms with Crippen molar-refractivity contribution < 1.29 is 18.8 Å². The molecular weight excluding hydrogens is 325 g/mol. The van der Waals surface area contributed by atoms with Crippen molar-refractivity contribution in [3.63, 3.8) is 0 Å². The van der Waals surface area contributed by atoms with E-state index >= 15 is 0 Å². The Morgan fingerprint density at radius 2 is 2.27 bits per heavy atom. The Hall–Kier alpha value is -0.900. The Bertz CT molecular complexity index is 400. The van der Waals surface area contributed by atoms with Crippen LogP contribution in [0.1, 0.15) is 17.7 Å². The monoisotopic (exact) mass is 330 g/mol. The van der Waals surface area contributed by atoms with Crippen molar-refractivity contribution >= 4 is 28.4 Å². The molecule has 15 heavy (non-hydrogen) atoms. The van der Waals surface area contributed by atoms with Crippen molar-refractivity contribution in [3.05, 3.63) is 31.0 Å². The fraction of sp³-hybridized carbons (Fsp3) is 0.286. The standard InChI is InChI=1S/C7H5F2IN2O3/c8-6(9)3-1-4(10)5(2-13)11-7(3)12(14)15/h1,6,13H,2H2. The minimum Gasteiger partial charge on any atom is -0.388 e. The summed E-state index contributed by atoms with van der Waals surface area (Å²) in [5.41, 5.74) is -0.715. The highest BCUT2D eigenvalue weighted by Crippen LogP contribution is 2.29. The molecule has 0 spiro atoms. The predicted molar refractivity (Wildman–Crippen MR) is 54.5 cm³/mol. The van der Waals surface area contributed by atoms with Crippen LogP contribution in [0.25, 0.3) is 0 Å². The van der Waals surface area contributed by atoms with Gasteiger partial charge in [-0.15, -0.1) is 0 Å². The van der Waals surface area contributed by atoms with E-state index < -0.39 is 29.3 Å². The summed E-state index contributed by atoms with van der Waals surface area (Å²) >= 11 is 1.68. The largest absolute Gasteiger partial charge is 0.388 e. The third-order valence-corrected chi connectivity index (χ3v) is 2.55. The SMILES string of the molecule is O=[N+]([O-])c1nc(CO)c(I)cc1C(F)F. The molecule has 0 aromatic carbocycles. The van der Waals surface area contributed by atoms with E-state index in [1.54, 1.807) is 22.6 Å². The Balaban J connectivity index is 3.39. The van der Waals surface area contributed by atoms with Gasteiger partial charge >= 0.3 is 5.82 Å². The lowest BCUT2D eigenvalue weighted by molar-refractivity contribution is -0.391. The topological polar surface area (TPSA) is 76.3 Å². The lowest BCUT2D eigenvalue weighted by Gasteiger charge is -2.03. The maximum Gasteiger partial charge on any atom is 0.372 e. The van der Waals surface area contributed by atoms with E-state index in [2.05, 4.69) is 4.98 Å². The van der Waals surface area contributed by atoms with Gasteiger partial charge in [-0.25, -0.2) is 8.78 Å². The smallest absolute Gasteiger partial charge is 0.372 e. The van der Waals surface area contributed by atoms with E-state index in [0.29, 0.717) is 0 Å². The third-order valence-electron chi connectivity index (χ3n) is 1.61. The Kier molecular flexibility index (Phi) is 3.85. The molecule has 0 amide bonds. The first-order chi connectivity index (χ1) is 6.97. The van der Waals surface area contributed by atoms with Crippen LogP contribution in [0.5, 0.6) is 0 Å². The van der Waals surface area contributed by atoms with Gasteiger partial charge in [0.1, 0.15) is 12.2 Å². The maximum atomic E-state index is 12.4. The normalized spacial score (nSPS) is 10.7. The highest BCUT2D eigenvalue weighted by atomic mass is 127. The number of hydrogen-bond donors (Lipinski definition) is 1. The van der Waals surface area contributed by atoms with Crippen LogP contribution in [0, 0.1) is 13.7 Å². The van der Waals surface area contributed by atoms with Crippen molar-refractivity contribution in [1.29, 1.82) is 0 Å². The summed E-state index contributed by atoms with van der Waals surface area (Å²) in [6.45, 7) is -0.525. The van der Waals surface area contributed by atoms with Crippen molar-refractivity contribution in [1.82, 2.24) is 4.98 Å². The van der Waals surface area contributed by atoms with Gasteiger partial charge in [0.2, 0.25) is 0 Å². The fourth-order valence-corrected chi connectivity index (χ4v) is 1.57. The Morgan fingerprint density at radius 3 is 2.67 bits per heavy atom. The molecule has 0 saturated carbocycles. The Morgan fingerprint density at radius 1 is 1.67 bits per heavy atom. The first-order valence-corrected chi connectivity index (χ1v) is 4.78. The molecule has 0 fully saturated rings. The van der Waals surface area contributed by atoms with Crippen LogP contribution in [0.2, 0.25) is 0 Å². The summed E-state index contributed by atoms with van der Waals surface area (Å²) in [7, 11) is 0. The summed E-state index contributed by atoms with van der Waals surface area (Å²) in [5.74, 6) is -0.908. The van der Waals surface area contributed by atoms with E-state index in [1.807, 2.05) is 0 Å². The van der Waals surface area contributed by atoms with E-state index in [-0.39, 0.29) is 9.26 Å². The van der Waals surface area contributed by atoms with Crippen LogP contribution < -0.4 is 0 Å². The van der Waals surface area contributed by atoms with Gasteiger partial charge in [0.15, 0.2) is 5.69 Å². The maximum absolute atomic E-state index is 12.4. The molecule has 1 N–H and O–H groups in total. The zero-order chi connectivity index (χ0) is 11.6. The van der Waals surface area contributed by atoms with E-state index in [1.165, 1.54) is 0 Å². The fourth-order valence-electron chi connectivity index (χ4n) is 0.948. The van der Waals surface area contributed by atoms with E-state index in [0.717, 1.165) is 6.07 Å². The van der Waals surface area contributed by atoms with Gasteiger partial charge < -0.3 is 15.2 Å². The average molecular weight is 330 g/mol. The van der Waals surface area contributed by atoms with Crippen molar-refractivity contribution in [2.75, 3.05) is 0 Å². The quantitative estimate of drug-likeness (QED) is 0.523. The van der Waals surface area contributed by atoms with Crippen molar-refractivity contribution in [2.24, 2.45) is 0 Å². The lowest BCUT2D eigenvalue weighted by atomic mass is 10.2. The Labute approximate surface area is 96.4 Å². The lowest BCUT2D eigenvalue weighted by Crippen LogP contribution is -2.04. The second-order valence-corrected chi connectivity index (χ2v) is 3.71. The van der Waals surface area contributed by atoms with Crippen LogP contribution in [0.4, 0.5) is 14.6 Å². The molecule has 1 aromatic rings. The first kappa shape index (κ1) is 12.2. The zero-order valence-electron chi connectivity index (χ0n) is 7.15. The van der Waals surface area contributed by atoms with Crippen molar-refractivity contribution in [3.8, 4) is 0 Å². The molecule has 0 aliphatic rings. The third kappa shape index (κ3) is 2.56. The van der Waals surface area contributed by atoms with Crippen LogP contribution in [0.15, 0.2) is 6.07 Å². The average Bonchev–Trinajstić information content (AvgIpc) is 2.16. The molecule has 1 aromatic heterocycles. The molecule has 1 heterocycles. The summed E-state index contributed by atoms with van der Waals surface area (Å²) in [4.78, 5) is 12.8. The number of pyridine rings is 1. The molecule has 0 bridgehead atoms. The number of aliphatic hydroxyl groups excluding tert-OH is 1. The van der Waals surface area contributed by atoms with Crippen LogP contribution >= 0.6 is 22.6 Å². The number of nitrogens with zero attached hydrogens (tertiary/aromatic N) is 2. The number of halogens is 3. The van der Waals surface area contributed by atoms with Gasteiger partial charge in [0.25, 0.3) is 6.43 Å². The van der Waals surface area contributed by atoms with Gasteiger partial charge in [-0.05, 0) is 38.6 Å². The molecule has 0 saturated heterocycles. The number of aliphatic hydroxyl groups is 1. The molecule has 0 radical (unpaired) electrons. The van der Waals surface area contributed by atoms with Gasteiger partial charge in [-0.2, -0.15) is 0 Å². The summed E-state index contributed by atoms with van der Waals surface area (Å²) in [5, 5.41) is 19.2. The molecule has 8 heteroatoms. The van der Waals surface area contributed by atoms with E-state index in [4.69, 9.17) is 5.11 Å². The van der Waals surface area contributed by atoms with Gasteiger partial charge in [0, 0.05) is 0 Å². The first-order valence-electron chi connectivity index (χ1n) is 3.70. The summed E-state index contributed by atoms with van der Waals surface area (Å²) < 4.78 is 25.1. The van der Waals surface area contributed by atoms with Crippen LogP contribution in [0.3, 0.4) is 0 Å². The van der Waals surface area contributed by atoms with E-state index in [9.17, 15) is 18.9 Å². The second kappa shape index (κ2) is 4.75. The molecule has 0 aliphatic carbocycles. The number of alkyl halides is 2. The summed E-state index contributed by atoms with van der Waals surface area (Å²) in [6.07, 6.45) is -2.96. The number of rotatable bonds is 3. The van der Waals surface area contributed by atoms with Crippen LogP contribution in [-0.2, 0) is 6.61 Å². The minimum absolute atomic E-state index is 0.0201. The summed E-state index contributed by atoms with van der Waals surface area (Å²) in [6, 6.07) is 0.960. The van der Waals surface area contributed by atoms with Gasteiger partial charge in [0.05, 0.1) is 3.57 Å². The van der Waals surface area contributed by atoms with Crippen LogP contribution in [-0.4, -0.2) is 15.0 Å². The number of hydrogen-bond acceptors (Lipinski definition) is 4.